The smallest absolute Gasteiger partial charge is 0.259 e. The van der Waals surface area contributed by atoms with Crippen LogP contribution in [0.2, 0.25) is 0 Å². The summed E-state index contributed by atoms with van der Waals surface area (Å²) in [6.45, 7) is 13.8. The van der Waals surface area contributed by atoms with E-state index in [9.17, 15) is 20.1 Å². The lowest BCUT2D eigenvalue weighted by molar-refractivity contribution is 0.0377. The maximum atomic E-state index is 13.2. The molecule has 14 heteroatoms. The highest BCUT2D eigenvalue weighted by Crippen LogP contribution is 2.42. The number of thiophene rings is 1. The van der Waals surface area contributed by atoms with E-state index in [-0.39, 0.29) is 34.2 Å². The van der Waals surface area contributed by atoms with Crippen LogP contribution in [0.3, 0.4) is 0 Å². The highest BCUT2D eigenvalue weighted by molar-refractivity contribution is 7.09. The van der Waals surface area contributed by atoms with Crippen LogP contribution in [0.15, 0.2) is 176 Å². The third kappa shape index (κ3) is 14.4. The Balaban J connectivity index is 0.000000182. The number of anilines is 1. The second-order valence-electron chi connectivity index (χ2n) is 17.4. The molecule has 0 aliphatic carbocycles. The molecule has 1 saturated heterocycles. The highest BCUT2D eigenvalue weighted by Gasteiger charge is 2.20. The van der Waals surface area contributed by atoms with Crippen molar-refractivity contribution >= 4 is 72.3 Å². The van der Waals surface area contributed by atoms with E-state index in [1.165, 1.54) is 24.0 Å². The van der Waals surface area contributed by atoms with E-state index in [1.807, 2.05) is 90.2 Å². The Morgan fingerprint density at radius 1 is 0.653 bits per heavy atom. The fraction of sp³-hybridized carbons (Fsp3) is 0.262. The van der Waals surface area contributed by atoms with Crippen molar-refractivity contribution in [2.75, 3.05) is 51.8 Å². The molecule has 3 heterocycles. The van der Waals surface area contributed by atoms with Crippen LogP contribution in [0.1, 0.15) is 66.2 Å². The molecule has 75 heavy (non-hydrogen) atoms. The van der Waals surface area contributed by atoms with E-state index < -0.39 is 5.91 Å². The summed E-state index contributed by atoms with van der Waals surface area (Å²) in [5.74, 6) is 0.937. The molecule has 0 unspecified atom stereocenters. The number of carbonyl (C=O) groups excluding carboxylic acids is 1. The van der Waals surface area contributed by atoms with Crippen molar-refractivity contribution in [3.63, 3.8) is 0 Å². The van der Waals surface area contributed by atoms with Crippen LogP contribution in [-0.2, 0) is 30.4 Å². The van der Waals surface area contributed by atoms with Gasteiger partial charge >= 0.3 is 0 Å². The number of azo groups is 2. The molecule has 1 aliphatic heterocycles. The fourth-order valence-corrected chi connectivity index (χ4v) is 9.20. The van der Waals surface area contributed by atoms with Crippen molar-refractivity contribution in [1.82, 2.24) is 4.90 Å². The molecule has 0 atom stereocenters. The molecule has 0 saturated carbocycles. The second-order valence-corrected chi connectivity index (χ2v) is 18.5. The number of carbonyl (C=O) groups is 1. The first-order valence-electron chi connectivity index (χ1n) is 25.5. The molecule has 2 aromatic heterocycles. The first-order valence-corrected chi connectivity index (χ1v) is 26.4. The molecule has 7 aromatic carbocycles. The van der Waals surface area contributed by atoms with Crippen LogP contribution in [0.25, 0.3) is 32.3 Å². The zero-order valence-electron chi connectivity index (χ0n) is 43.3. The van der Waals surface area contributed by atoms with Crippen LogP contribution in [0.4, 0.5) is 22.7 Å². The average molecular weight is 1030 g/mol. The first kappa shape index (κ1) is 54.9. The third-order valence-corrected chi connectivity index (χ3v) is 13.7. The Bertz CT molecular complexity index is 3280. The number of aromatic hydroxyl groups is 3. The van der Waals surface area contributed by atoms with E-state index in [1.54, 1.807) is 48.7 Å². The molecular weight excluding hydrogens is 961 g/mol. The maximum absolute atomic E-state index is 13.2. The number of methoxy groups -OCH3 is 1. The van der Waals surface area contributed by atoms with Gasteiger partial charge in [0.2, 0.25) is 0 Å². The van der Waals surface area contributed by atoms with Gasteiger partial charge < -0.3 is 34.5 Å². The van der Waals surface area contributed by atoms with Crippen molar-refractivity contribution in [1.29, 1.82) is 0 Å². The molecule has 0 bridgehead atoms. The number of aryl methyl sites for hydroxylation is 4. The summed E-state index contributed by atoms with van der Waals surface area (Å²) in [5, 5.41) is 59.3. The van der Waals surface area contributed by atoms with Crippen LogP contribution >= 0.6 is 11.3 Å². The highest BCUT2D eigenvalue weighted by atomic mass is 32.1. The number of phenols is 3. The van der Waals surface area contributed by atoms with Gasteiger partial charge in [-0.1, -0.05) is 119 Å². The molecular formula is C61H66N6O7S. The topological polar surface area (TPSA) is 174 Å². The van der Waals surface area contributed by atoms with Crippen LogP contribution in [0.5, 0.6) is 23.0 Å². The summed E-state index contributed by atoms with van der Waals surface area (Å²) in [6, 6.07) is 43.2. The third-order valence-electron chi connectivity index (χ3n) is 12.7. The number of rotatable bonds is 14. The Labute approximate surface area is 442 Å². The van der Waals surface area contributed by atoms with E-state index in [0.717, 1.165) is 86.0 Å². The zero-order chi connectivity index (χ0) is 52.9. The minimum atomic E-state index is -0.523. The normalized spacial score (nSPS) is 12.5. The average Bonchev–Trinajstić information content (AvgIpc) is 4.21. The predicted molar refractivity (Wildman–Crippen MR) is 304 cm³/mol. The summed E-state index contributed by atoms with van der Waals surface area (Å²) < 4.78 is 15.6. The largest absolute Gasteiger partial charge is 0.505 e. The monoisotopic (exact) mass is 1030 g/mol. The lowest BCUT2D eigenvalue weighted by Crippen LogP contribution is -2.37. The fourth-order valence-electron chi connectivity index (χ4n) is 8.55. The van der Waals surface area contributed by atoms with Gasteiger partial charge in [-0.2, -0.15) is 10.2 Å². The number of fused-ring (bicyclic) bond motifs is 3. The molecule has 4 N–H and O–H groups in total. The SMILES string of the molecule is CCc1cccc2c(O)c(N=NCCCN3CCOCC3)ccc12.CCc1cccc2c(O)c(N=Nc3c(O)c(C(=O)Nc4ccccc4OC)cc4ccccc34)ccc12.CCc1ccco1.CCc1cccs1. The zero-order valence-corrected chi connectivity index (χ0v) is 44.1. The van der Waals surface area contributed by atoms with Gasteiger partial charge in [0.1, 0.15) is 28.6 Å². The van der Waals surface area contributed by atoms with Crippen molar-refractivity contribution in [2.24, 2.45) is 20.5 Å². The number of phenolic OH excluding ortho intramolecular Hbond substituents is 3. The van der Waals surface area contributed by atoms with Gasteiger partial charge in [0.05, 0.1) is 44.4 Å². The molecule has 13 nitrogen and oxygen atoms in total. The summed E-state index contributed by atoms with van der Waals surface area (Å²) in [5.41, 5.74) is 3.79. The van der Waals surface area contributed by atoms with Gasteiger partial charge in [-0.05, 0) is 107 Å². The number of ether oxygens (including phenoxy) is 2. The summed E-state index contributed by atoms with van der Waals surface area (Å²) >= 11 is 1.82. The Hall–Kier alpha value is -7.91. The molecule has 1 amide bonds. The van der Waals surface area contributed by atoms with Crippen LogP contribution in [0, 0.1) is 0 Å². The molecule has 388 valence electrons. The van der Waals surface area contributed by atoms with Gasteiger partial charge in [0.15, 0.2) is 17.2 Å². The number of hydrogen-bond donors (Lipinski definition) is 4. The quantitative estimate of drug-likeness (QED) is 0.0615. The number of benzene rings is 7. The molecule has 0 spiro atoms. The number of para-hydroxylation sites is 2. The number of nitrogens with zero attached hydrogens (tertiary/aromatic N) is 5. The number of amides is 1. The van der Waals surface area contributed by atoms with Gasteiger partial charge in [-0.3, -0.25) is 9.69 Å². The van der Waals surface area contributed by atoms with Crippen molar-refractivity contribution in [3.8, 4) is 23.0 Å². The van der Waals surface area contributed by atoms with Crippen molar-refractivity contribution in [3.05, 3.63) is 178 Å². The standard InChI is InChI=1S/C30H25N3O4.C19H25N3O2.C6H8O.C6H8S/c1-3-18-10-8-12-22-20(18)15-16-25(28(22)34)32-33-27-21-11-5-4-9-19(21)17-23(29(27)35)30(36)31-24-13-6-7-14-26(24)37-2;1-2-15-5-3-6-17-16(15)7-8-18(19(17)23)21-20-9-4-10-22-11-13-24-14-12-22;2*1-2-6-4-3-5-7-6/h4-17,34-35H,3H2,1-2H3,(H,31,36);3,5-8,23H,2,4,9-14H2,1H3;2*3-5H,2H2,1H3. The predicted octanol–water partition coefficient (Wildman–Crippen LogP) is 15.7. The van der Waals surface area contributed by atoms with Gasteiger partial charge in [-0.15, -0.1) is 21.6 Å². The minimum absolute atomic E-state index is 0.00501. The van der Waals surface area contributed by atoms with E-state index in [4.69, 9.17) is 13.9 Å². The van der Waals surface area contributed by atoms with Crippen molar-refractivity contribution < 1.29 is 34.0 Å². The maximum Gasteiger partial charge on any atom is 0.259 e. The number of morpholine rings is 1. The Kier molecular flexibility index (Phi) is 20.4. The number of furan rings is 1. The Morgan fingerprint density at radius 3 is 1.89 bits per heavy atom. The second kappa shape index (κ2) is 28.0. The van der Waals surface area contributed by atoms with Gasteiger partial charge in [-0.25, -0.2) is 0 Å². The van der Waals surface area contributed by atoms with Gasteiger partial charge in [0.25, 0.3) is 5.91 Å². The molecule has 1 aliphatic rings. The number of nitrogens with one attached hydrogen (secondary N) is 1. The summed E-state index contributed by atoms with van der Waals surface area (Å²) in [4.78, 5) is 17.1. The molecule has 1 fully saturated rings. The molecule has 10 rings (SSSR count). The van der Waals surface area contributed by atoms with Crippen LogP contribution < -0.4 is 10.1 Å². The Morgan fingerprint density at radius 2 is 1.31 bits per heavy atom. The number of hydrogen-bond acceptors (Lipinski definition) is 13. The first-order chi connectivity index (χ1) is 36.7. The minimum Gasteiger partial charge on any atom is -0.505 e. The molecule has 0 radical (unpaired) electrons. The van der Waals surface area contributed by atoms with Crippen LogP contribution in [-0.4, -0.2) is 72.6 Å². The van der Waals surface area contributed by atoms with E-state index in [0.29, 0.717) is 39.8 Å². The van der Waals surface area contributed by atoms with Gasteiger partial charge in [0, 0.05) is 47.1 Å². The molecule has 9 aromatic rings. The lowest BCUT2D eigenvalue weighted by Gasteiger charge is -2.26. The van der Waals surface area contributed by atoms with E-state index in [2.05, 4.69) is 81.9 Å². The van der Waals surface area contributed by atoms with E-state index >= 15 is 0 Å². The lowest BCUT2D eigenvalue weighted by atomic mass is 10.0. The summed E-state index contributed by atoms with van der Waals surface area (Å²) in [7, 11) is 1.52. The van der Waals surface area contributed by atoms with Crippen molar-refractivity contribution in [2.45, 2.75) is 59.8 Å². The summed E-state index contributed by atoms with van der Waals surface area (Å²) in [6.07, 6.45) is 6.61.